The highest BCUT2D eigenvalue weighted by molar-refractivity contribution is 9.10. The van der Waals surface area contributed by atoms with Gasteiger partial charge in [-0.3, -0.25) is 4.79 Å². The zero-order chi connectivity index (χ0) is 10.1. The van der Waals surface area contributed by atoms with E-state index in [-0.39, 0.29) is 11.9 Å². The summed E-state index contributed by atoms with van der Waals surface area (Å²) < 4.78 is 5.85. The van der Waals surface area contributed by atoms with Gasteiger partial charge in [-0.2, -0.15) is 0 Å². The summed E-state index contributed by atoms with van der Waals surface area (Å²) in [7, 11) is 1.44. The van der Waals surface area contributed by atoms with Crippen LogP contribution in [0.25, 0.3) is 0 Å². The Morgan fingerprint density at radius 3 is 2.93 bits per heavy atom. The number of methoxy groups -OCH3 is 1. The van der Waals surface area contributed by atoms with Gasteiger partial charge in [0.1, 0.15) is 0 Å². The van der Waals surface area contributed by atoms with Gasteiger partial charge in [0.25, 0.3) is 0 Å². The molecule has 0 aromatic heterocycles. The minimum Gasteiger partial charge on any atom is -0.469 e. The van der Waals surface area contributed by atoms with Crippen LogP contribution in [-0.2, 0) is 22.4 Å². The van der Waals surface area contributed by atoms with Crippen LogP contribution < -0.4 is 0 Å². The smallest absolute Gasteiger partial charge is 0.309 e. The molecule has 0 heterocycles. The molecule has 1 aromatic carbocycles. The van der Waals surface area contributed by atoms with Crippen LogP contribution in [0.15, 0.2) is 22.7 Å². The zero-order valence-corrected chi connectivity index (χ0v) is 9.50. The van der Waals surface area contributed by atoms with Crippen molar-refractivity contribution in [2.24, 2.45) is 5.92 Å². The summed E-state index contributed by atoms with van der Waals surface area (Å²) in [4.78, 5) is 11.4. The van der Waals surface area contributed by atoms with Crippen molar-refractivity contribution in [3.8, 4) is 0 Å². The molecule has 0 saturated heterocycles. The van der Waals surface area contributed by atoms with Gasteiger partial charge in [-0.1, -0.05) is 28.1 Å². The van der Waals surface area contributed by atoms with Gasteiger partial charge in [0, 0.05) is 4.47 Å². The normalized spacial score (nSPS) is 19.1. The molecule has 0 saturated carbocycles. The molecule has 0 amide bonds. The number of carbonyl (C=O) groups is 1. The fourth-order valence-corrected chi connectivity index (χ4v) is 2.51. The number of fused-ring (bicyclic) bond motifs is 1. The number of hydrogen-bond acceptors (Lipinski definition) is 2. The maximum atomic E-state index is 11.4. The second-order valence-corrected chi connectivity index (χ2v) is 4.36. The van der Waals surface area contributed by atoms with Crippen molar-refractivity contribution >= 4 is 21.9 Å². The number of ether oxygens (including phenoxy) is 1. The first-order valence-corrected chi connectivity index (χ1v) is 5.35. The molecule has 1 aromatic rings. The molecule has 2 rings (SSSR count). The number of rotatable bonds is 1. The third-order valence-corrected chi connectivity index (χ3v) is 3.41. The molecule has 1 aliphatic carbocycles. The minimum atomic E-state index is -0.104. The summed E-state index contributed by atoms with van der Waals surface area (Å²) >= 11 is 3.49. The molecule has 0 fully saturated rings. The van der Waals surface area contributed by atoms with Crippen LogP contribution in [0.1, 0.15) is 11.1 Å². The first-order valence-electron chi connectivity index (χ1n) is 4.56. The molecule has 14 heavy (non-hydrogen) atoms. The van der Waals surface area contributed by atoms with E-state index in [2.05, 4.69) is 22.0 Å². The van der Waals surface area contributed by atoms with Crippen LogP contribution in [0.4, 0.5) is 0 Å². The Morgan fingerprint density at radius 2 is 2.29 bits per heavy atom. The Balaban J connectivity index is 2.26. The molecule has 0 radical (unpaired) electrons. The first kappa shape index (κ1) is 9.71. The lowest BCUT2D eigenvalue weighted by molar-refractivity contribution is -0.145. The lowest BCUT2D eigenvalue weighted by Gasteiger charge is -2.04. The molecule has 1 atom stereocenters. The number of halogens is 1. The van der Waals surface area contributed by atoms with Gasteiger partial charge in [0.05, 0.1) is 13.0 Å². The quantitative estimate of drug-likeness (QED) is 0.720. The summed E-state index contributed by atoms with van der Waals surface area (Å²) in [6.45, 7) is 0. The van der Waals surface area contributed by atoms with Gasteiger partial charge in [-0.05, 0) is 30.0 Å². The Hall–Kier alpha value is -0.830. The van der Waals surface area contributed by atoms with E-state index in [4.69, 9.17) is 4.74 Å². The molecular formula is C11H11BrO2. The van der Waals surface area contributed by atoms with E-state index in [0.717, 1.165) is 17.3 Å². The molecule has 0 N–H and O–H groups in total. The highest BCUT2D eigenvalue weighted by Crippen LogP contribution is 2.32. The SMILES string of the molecule is COC(=O)C1Cc2cccc(Br)c2C1. The van der Waals surface area contributed by atoms with Crippen LogP contribution in [-0.4, -0.2) is 13.1 Å². The Kier molecular flexibility index (Phi) is 2.59. The summed E-state index contributed by atoms with van der Waals surface area (Å²) in [5, 5.41) is 0. The number of esters is 1. The van der Waals surface area contributed by atoms with Gasteiger partial charge in [0.15, 0.2) is 0 Å². The zero-order valence-electron chi connectivity index (χ0n) is 7.92. The van der Waals surface area contributed by atoms with Crippen LogP contribution in [0, 0.1) is 5.92 Å². The standard InChI is InChI=1S/C11H11BrO2/c1-14-11(13)8-5-7-3-2-4-10(12)9(7)6-8/h2-4,8H,5-6H2,1H3. The summed E-state index contributed by atoms with van der Waals surface area (Å²) in [5.74, 6) is -0.0956. The summed E-state index contributed by atoms with van der Waals surface area (Å²) in [6.07, 6.45) is 1.60. The van der Waals surface area contributed by atoms with Gasteiger partial charge in [-0.25, -0.2) is 0 Å². The Morgan fingerprint density at radius 1 is 1.50 bits per heavy atom. The van der Waals surface area contributed by atoms with Crippen LogP contribution in [0.5, 0.6) is 0 Å². The average molecular weight is 255 g/mol. The van der Waals surface area contributed by atoms with Crippen LogP contribution in [0.2, 0.25) is 0 Å². The maximum absolute atomic E-state index is 11.4. The highest BCUT2D eigenvalue weighted by Gasteiger charge is 2.28. The average Bonchev–Trinajstić information content (AvgIpc) is 2.62. The third-order valence-electron chi connectivity index (χ3n) is 2.67. The molecular weight excluding hydrogens is 244 g/mol. The van der Waals surface area contributed by atoms with Crippen molar-refractivity contribution < 1.29 is 9.53 Å². The fraction of sp³-hybridized carbons (Fsp3) is 0.364. The van der Waals surface area contributed by atoms with E-state index in [1.54, 1.807) is 0 Å². The maximum Gasteiger partial charge on any atom is 0.309 e. The van der Waals surface area contributed by atoms with E-state index in [0.29, 0.717) is 0 Å². The molecule has 0 spiro atoms. The predicted octanol–water partition coefficient (Wildman–Crippen LogP) is 2.34. The van der Waals surface area contributed by atoms with Crippen molar-refractivity contribution in [2.45, 2.75) is 12.8 Å². The second kappa shape index (κ2) is 3.73. The Bertz CT molecular complexity index is 374. The largest absolute Gasteiger partial charge is 0.469 e. The fourth-order valence-electron chi connectivity index (χ4n) is 1.94. The van der Waals surface area contributed by atoms with Gasteiger partial charge >= 0.3 is 5.97 Å². The van der Waals surface area contributed by atoms with Crippen LogP contribution >= 0.6 is 15.9 Å². The topological polar surface area (TPSA) is 26.3 Å². The van der Waals surface area contributed by atoms with Crippen molar-refractivity contribution in [3.05, 3.63) is 33.8 Å². The van der Waals surface area contributed by atoms with E-state index < -0.39 is 0 Å². The Labute approximate surface area is 91.4 Å². The van der Waals surface area contributed by atoms with Crippen molar-refractivity contribution in [1.29, 1.82) is 0 Å². The number of carbonyl (C=O) groups excluding carboxylic acids is 1. The van der Waals surface area contributed by atoms with Gasteiger partial charge < -0.3 is 4.74 Å². The van der Waals surface area contributed by atoms with Crippen molar-refractivity contribution in [1.82, 2.24) is 0 Å². The van der Waals surface area contributed by atoms with Gasteiger partial charge in [0.2, 0.25) is 0 Å². The third kappa shape index (κ3) is 1.57. The van der Waals surface area contributed by atoms with E-state index >= 15 is 0 Å². The summed E-state index contributed by atoms with van der Waals surface area (Å²) in [5.41, 5.74) is 2.51. The number of benzene rings is 1. The molecule has 74 valence electrons. The highest BCUT2D eigenvalue weighted by atomic mass is 79.9. The van der Waals surface area contributed by atoms with E-state index in [9.17, 15) is 4.79 Å². The molecule has 0 bridgehead atoms. The molecule has 2 nitrogen and oxygen atoms in total. The summed E-state index contributed by atoms with van der Waals surface area (Å²) in [6, 6.07) is 6.09. The second-order valence-electron chi connectivity index (χ2n) is 3.51. The first-order chi connectivity index (χ1) is 6.72. The predicted molar refractivity (Wildman–Crippen MR) is 57.1 cm³/mol. The van der Waals surface area contributed by atoms with E-state index in [1.807, 2.05) is 12.1 Å². The number of hydrogen-bond donors (Lipinski definition) is 0. The van der Waals surface area contributed by atoms with Gasteiger partial charge in [-0.15, -0.1) is 0 Å². The lowest BCUT2D eigenvalue weighted by atomic mass is 10.1. The molecule has 3 heteroatoms. The monoisotopic (exact) mass is 254 g/mol. The minimum absolute atomic E-state index is 0.00806. The van der Waals surface area contributed by atoms with E-state index in [1.165, 1.54) is 18.2 Å². The van der Waals surface area contributed by atoms with Crippen molar-refractivity contribution in [2.75, 3.05) is 7.11 Å². The molecule has 1 unspecified atom stereocenters. The molecule has 1 aliphatic rings. The molecule has 0 aliphatic heterocycles. The van der Waals surface area contributed by atoms with Crippen molar-refractivity contribution in [3.63, 3.8) is 0 Å². The van der Waals surface area contributed by atoms with Crippen LogP contribution in [0.3, 0.4) is 0 Å². The lowest BCUT2D eigenvalue weighted by Crippen LogP contribution is -2.15.